The zero-order chi connectivity index (χ0) is 7.52. The normalized spacial score (nSPS) is 20.4. The molecule has 0 atom stereocenters. The van der Waals surface area contributed by atoms with E-state index in [4.69, 9.17) is 9.47 Å². The number of rotatable bonds is 1. The Morgan fingerprint density at radius 3 is 3.00 bits per heavy atom. The highest BCUT2D eigenvalue weighted by Crippen LogP contribution is 2.22. The van der Waals surface area contributed by atoms with Crippen LogP contribution in [0.15, 0.2) is 0 Å². The van der Waals surface area contributed by atoms with Crippen LogP contribution in [0.1, 0.15) is 11.3 Å². The second-order valence-corrected chi connectivity index (χ2v) is 2.82. The van der Waals surface area contributed by atoms with Crippen LogP contribution in [-0.2, 0) is 9.47 Å². The Hall–Kier alpha value is -0.520. The molecule has 1 fully saturated rings. The lowest BCUT2D eigenvalue weighted by atomic mass is 10.4. The lowest BCUT2D eigenvalue weighted by Crippen LogP contribution is -2.18. The molecule has 0 saturated carbocycles. The van der Waals surface area contributed by atoms with Crippen molar-refractivity contribution in [2.24, 2.45) is 0 Å². The van der Waals surface area contributed by atoms with Crippen LogP contribution >= 0.6 is 11.3 Å². The van der Waals surface area contributed by atoms with Gasteiger partial charge in [0.15, 0.2) is 10.5 Å². The van der Waals surface area contributed by atoms with E-state index < -0.39 is 0 Å². The highest BCUT2D eigenvalue weighted by atomic mass is 32.1. The van der Waals surface area contributed by atoms with Crippen molar-refractivity contribution in [1.82, 2.24) is 10.2 Å². The minimum absolute atomic E-state index is 0.330. The van der Waals surface area contributed by atoms with Gasteiger partial charge in [-0.3, -0.25) is 0 Å². The second kappa shape index (κ2) is 3.25. The predicted octanol–water partition coefficient (Wildman–Crippen LogP) is 0.588. The molecule has 2 rings (SSSR count). The van der Waals surface area contributed by atoms with Crippen molar-refractivity contribution in [2.75, 3.05) is 13.2 Å². The van der Waals surface area contributed by atoms with Gasteiger partial charge in [-0.1, -0.05) is 11.3 Å². The molecule has 1 aliphatic rings. The molecule has 0 N–H and O–H groups in total. The molecule has 5 heteroatoms. The molecule has 58 valence electrons. The fraction of sp³-hybridized carbons (Fsp3) is 0.500. The predicted molar refractivity (Wildman–Crippen MR) is 37.7 cm³/mol. The Morgan fingerprint density at radius 2 is 2.36 bits per heavy atom. The van der Waals surface area contributed by atoms with E-state index in [0.29, 0.717) is 13.2 Å². The SMILES string of the molecule is [c]1nnc(C2OC[CH]CO2)s1. The van der Waals surface area contributed by atoms with Crippen molar-refractivity contribution in [1.29, 1.82) is 0 Å². The summed E-state index contributed by atoms with van der Waals surface area (Å²) in [6.07, 6.45) is 1.59. The van der Waals surface area contributed by atoms with E-state index >= 15 is 0 Å². The average molecular weight is 170 g/mol. The van der Waals surface area contributed by atoms with Crippen LogP contribution in [0.25, 0.3) is 0 Å². The van der Waals surface area contributed by atoms with E-state index in [1.54, 1.807) is 0 Å². The van der Waals surface area contributed by atoms with Gasteiger partial charge < -0.3 is 9.47 Å². The Morgan fingerprint density at radius 1 is 1.55 bits per heavy atom. The van der Waals surface area contributed by atoms with Crippen molar-refractivity contribution in [2.45, 2.75) is 6.29 Å². The third kappa shape index (κ3) is 1.55. The van der Waals surface area contributed by atoms with Crippen LogP contribution in [-0.4, -0.2) is 23.4 Å². The number of hydrogen-bond donors (Lipinski definition) is 0. The fourth-order valence-corrected chi connectivity index (χ4v) is 1.29. The third-order valence-corrected chi connectivity index (χ3v) is 1.93. The van der Waals surface area contributed by atoms with Crippen LogP contribution in [0.4, 0.5) is 0 Å². The molecule has 4 nitrogen and oxygen atoms in total. The standard InChI is InChI=1S/C6H6N2O2S/c1-2-9-6(10-3-1)5-8-7-4-11-5/h1,6H,2-3H2. The van der Waals surface area contributed by atoms with E-state index in [9.17, 15) is 0 Å². The summed E-state index contributed by atoms with van der Waals surface area (Å²) in [5.74, 6) is 0. The molecule has 2 radical (unpaired) electrons. The summed E-state index contributed by atoms with van der Waals surface area (Å²) >= 11 is 1.32. The molecule has 0 aromatic carbocycles. The molecule has 0 bridgehead atoms. The molecule has 1 saturated heterocycles. The summed E-state index contributed by atoms with van der Waals surface area (Å²) in [7, 11) is 0. The molecule has 2 heterocycles. The van der Waals surface area contributed by atoms with Gasteiger partial charge in [0, 0.05) is 6.42 Å². The van der Waals surface area contributed by atoms with Crippen molar-refractivity contribution in [3.8, 4) is 0 Å². The van der Waals surface area contributed by atoms with Crippen molar-refractivity contribution in [3.05, 3.63) is 16.9 Å². The summed E-state index contributed by atoms with van der Waals surface area (Å²) in [6.45, 7) is 1.23. The maximum Gasteiger partial charge on any atom is 0.212 e. The molecule has 1 aromatic heterocycles. The smallest absolute Gasteiger partial charge is 0.212 e. The first-order valence-electron chi connectivity index (χ1n) is 3.21. The van der Waals surface area contributed by atoms with E-state index in [1.165, 1.54) is 11.3 Å². The molecule has 0 aliphatic carbocycles. The average Bonchev–Trinajstić information content (AvgIpc) is 2.58. The van der Waals surface area contributed by atoms with Gasteiger partial charge in [0.05, 0.1) is 13.2 Å². The van der Waals surface area contributed by atoms with Gasteiger partial charge >= 0.3 is 0 Å². The number of ether oxygens (including phenoxy) is 2. The molecular weight excluding hydrogens is 164 g/mol. The van der Waals surface area contributed by atoms with Crippen LogP contribution in [0.3, 0.4) is 0 Å². The zero-order valence-electron chi connectivity index (χ0n) is 5.69. The van der Waals surface area contributed by atoms with E-state index in [1.807, 2.05) is 6.42 Å². The van der Waals surface area contributed by atoms with Crippen molar-refractivity contribution < 1.29 is 9.47 Å². The Labute approximate surface area is 68.2 Å². The van der Waals surface area contributed by atoms with Crippen LogP contribution < -0.4 is 0 Å². The number of nitrogens with zero attached hydrogens (tertiary/aromatic N) is 2. The maximum atomic E-state index is 5.23. The van der Waals surface area contributed by atoms with Crippen LogP contribution in [0, 0.1) is 11.9 Å². The highest BCUT2D eigenvalue weighted by Gasteiger charge is 2.19. The summed E-state index contributed by atoms with van der Waals surface area (Å²) in [6, 6.07) is 0. The van der Waals surface area contributed by atoms with Gasteiger partial charge in [-0.2, -0.15) is 0 Å². The largest absolute Gasteiger partial charge is 0.346 e. The highest BCUT2D eigenvalue weighted by molar-refractivity contribution is 7.08. The molecule has 1 aliphatic heterocycles. The molecule has 0 amide bonds. The van der Waals surface area contributed by atoms with Gasteiger partial charge in [0.2, 0.25) is 6.29 Å². The lowest BCUT2D eigenvalue weighted by Gasteiger charge is -2.20. The van der Waals surface area contributed by atoms with Crippen molar-refractivity contribution >= 4 is 11.3 Å². The first-order valence-corrected chi connectivity index (χ1v) is 4.03. The minimum atomic E-state index is -0.330. The first kappa shape index (κ1) is 7.15. The molecule has 1 aromatic rings. The molecule has 0 spiro atoms. The molecule has 0 unspecified atom stereocenters. The van der Waals surface area contributed by atoms with E-state index in [-0.39, 0.29) is 6.29 Å². The van der Waals surface area contributed by atoms with Gasteiger partial charge in [0.1, 0.15) is 0 Å². The minimum Gasteiger partial charge on any atom is -0.346 e. The number of hydrogen-bond acceptors (Lipinski definition) is 5. The van der Waals surface area contributed by atoms with Gasteiger partial charge in [-0.25, -0.2) is 0 Å². The fourth-order valence-electron chi connectivity index (χ4n) is 0.802. The monoisotopic (exact) mass is 170 g/mol. The maximum absolute atomic E-state index is 5.23. The zero-order valence-corrected chi connectivity index (χ0v) is 6.50. The Kier molecular flexibility index (Phi) is 2.11. The molecule has 11 heavy (non-hydrogen) atoms. The third-order valence-electron chi connectivity index (χ3n) is 1.27. The number of aromatic nitrogens is 2. The topological polar surface area (TPSA) is 44.2 Å². The Balaban J connectivity index is 2.04. The summed E-state index contributed by atoms with van der Waals surface area (Å²) < 4.78 is 10.5. The Bertz CT molecular complexity index is 208. The lowest BCUT2D eigenvalue weighted by molar-refractivity contribution is -0.163. The molecular formula is C6H6N2O2S. The van der Waals surface area contributed by atoms with E-state index in [0.717, 1.165) is 5.01 Å². The summed E-state index contributed by atoms with van der Waals surface area (Å²) in [4.78, 5) is 0. The van der Waals surface area contributed by atoms with Gasteiger partial charge in [-0.15, -0.1) is 10.2 Å². The summed E-state index contributed by atoms with van der Waals surface area (Å²) in [5, 5.41) is 8.09. The van der Waals surface area contributed by atoms with Crippen LogP contribution in [0.2, 0.25) is 0 Å². The quantitative estimate of drug-likeness (QED) is 0.618. The van der Waals surface area contributed by atoms with Gasteiger partial charge in [-0.05, 0) is 0 Å². The van der Waals surface area contributed by atoms with Crippen molar-refractivity contribution in [3.63, 3.8) is 0 Å². The second-order valence-electron chi connectivity index (χ2n) is 2.02. The van der Waals surface area contributed by atoms with E-state index in [2.05, 4.69) is 15.7 Å². The summed E-state index contributed by atoms with van der Waals surface area (Å²) in [5.41, 5.74) is 2.64. The van der Waals surface area contributed by atoms with Crippen LogP contribution in [0.5, 0.6) is 0 Å². The first-order chi connectivity index (χ1) is 5.47. The van der Waals surface area contributed by atoms with Gasteiger partial charge in [0.25, 0.3) is 0 Å².